The molecule has 2 aromatic carbocycles. The summed E-state index contributed by atoms with van der Waals surface area (Å²) in [5.41, 5.74) is 2.65. The van der Waals surface area contributed by atoms with E-state index in [-0.39, 0.29) is 4.90 Å². The number of likely N-dealkylation sites (N-methyl/N-ethyl adjacent to an activating group) is 1. The number of hydrogen-bond donors (Lipinski definition) is 1. The van der Waals surface area contributed by atoms with Crippen LogP contribution in [0.5, 0.6) is 5.75 Å². The molecule has 0 aliphatic carbocycles. The highest BCUT2D eigenvalue weighted by atomic mass is 35.5. The largest absolute Gasteiger partial charge is 0.490 e. The minimum absolute atomic E-state index is 0.262. The van der Waals surface area contributed by atoms with Gasteiger partial charge in [-0.1, -0.05) is 23.7 Å². The van der Waals surface area contributed by atoms with Gasteiger partial charge >= 0.3 is 0 Å². The highest BCUT2D eigenvalue weighted by Gasteiger charge is 2.23. The zero-order valence-corrected chi connectivity index (χ0v) is 15.8. The molecule has 25 heavy (non-hydrogen) atoms. The Kier molecular flexibility index (Phi) is 5.22. The predicted octanol–water partition coefficient (Wildman–Crippen LogP) is 3.00. The van der Waals surface area contributed by atoms with Gasteiger partial charge in [-0.2, -0.15) is 0 Å². The molecule has 0 fully saturated rings. The summed E-state index contributed by atoms with van der Waals surface area (Å²) >= 11 is 5.86. The number of nitrogens with one attached hydrogen (secondary N) is 1. The predicted molar refractivity (Wildman–Crippen MR) is 100 cm³/mol. The Balaban J connectivity index is 1.74. The summed E-state index contributed by atoms with van der Waals surface area (Å²) in [6.45, 7) is 3.46. The van der Waals surface area contributed by atoms with E-state index < -0.39 is 10.0 Å². The number of nitrogens with zero attached hydrogens (tertiary/aromatic N) is 1. The van der Waals surface area contributed by atoms with E-state index in [9.17, 15) is 8.42 Å². The Morgan fingerprint density at radius 1 is 1.24 bits per heavy atom. The molecule has 0 saturated carbocycles. The van der Waals surface area contributed by atoms with Crippen molar-refractivity contribution in [2.75, 3.05) is 31.6 Å². The molecule has 0 radical (unpaired) electrons. The van der Waals surface area contributed by atoms with Gasteiger partial charge in [-0.05, 0) is 42.7 Å². The summed E-state index contributed by atoms with van der Waals surface area (Å²) in [6.07, 6.45) is 0.597. The number of rotatable bonds is 5. The van der Waals surface area contributed by atoms with Crippen LogP contribution in [-0.4, -0.2) is 35.2 Å². The van der Waals surface area contributed by atoms with Crippen LogP contribution in [0.1, 0.15) is 11.1 Å². The molecular formula is C18H21ClN2O3S. The number of halogens is 1. The van der Waals surface area contributed by atoms with Crippen molar-refractivity contribution in [2.24, 2.45) is 0 Å². The topological polar surface area (TPSA) is 58.6 Å². The highest BCUT2D eigenvalue weighted by Crippen LogP contribution is 2.35. The average Bonchev–Trinajstić information content (AvgIpc) is 2.57. The Bertz CT molecular complexity index is 867. The molecule has 0 spiro atoms. The van der Waals surface area contributed by atoms with Crippen LogP contribution in [0.25, 0.3) is 0 Å². The molecule has 134 valence electrons. The molecule has 1 aliphatic heterocycles. The Labute approximate surface area is 153 Å². The summed E-state index contributed by atoms with van der Waals surface area (Å²) in [4.78, 5) is 2.33. The molecule has 1 N–H and O–H groups in total. The van der Waals surface area contributed by atoms with E-state index in [1.807, 2.05) is 25.2 Å². The zero-order chi connectivity index (χ0) is 18.0. The van der Waals surface area contributed by atoms with Crippen molar-refractivity contribution in [3.63, 3.8) is 0 Å². The maximum atomic E-state index is 12.7. The fourth-order valence-corrected chi connectivity index (χ4v) is 4.23. The van der Waals surface area contributed by atoms with Crippen molar-refractivity contribution in [3.05, 3.63) is 52.5 Å². The molecule has 1 heterocycles. The van der Waals surface area contributed by atoms with Crippen LogP contribution in [-0.2, 0) is 16.4 Å². The molecule has 5 nitrogen and oxygen atoms in total. The van der Waals surface area contributed by atoms with Crippen LogP contribution in [0.15, 0.2) is 41.3 Å². The third-order valence-corrected chi connectivity index (χ3v) is 6.12. The van der Waals surface area contributed by atoms with E-state index in [1.54, 1.807) is 25.1 Å². The van der Waals surface area contributed by atoms with E-state index in [0.717, 1.165) is 17.8 Å². The van der Waals surface area contributed by atoms with E-state index >= 15 is 0 Å². The Hall–Kier alpha value is -1.76. The lowest BCUT2D eigenvalue weighted by Crippen LogP contribution is -2.30. The Morgan fingerprint density at radius 3 is 2.68 bits per heavy atom. The zero-order valence-electron chi connectivity index (χ0n) is 14.3. The molecule has 1 aliphatic rings. The number of aryl methyl sites for hydroxylation is 1. The second-order valence-electron chi connectivity index (χ2n) is 6.13. The number of anilines is 1. The van der Waals surface area contributed by atoms with Gasteiger partial charge < -0.3 is 9.64 Å². The molecular weight excluding hydrogens is 360 g/mol. The van der Waals surface area contributed by atoms with Gasteiger partial charge in [-0.25, -0.2) is 13.1 Å². The molecule has 0 amide bonds. The summed E-state index contributed by atoms with van der Waals surface area (Å²) < 4.78 is 33.6. The first-order valence-electron chi connectivity index (χ1n) is 8.09. The molecule has 0 aromatic heterocycles. The number of sulfonamides is 1. The third-order valence-electron chi connectivity index (χ3n) is 4.26. The summed E-state index contributed by atoms with van der Waals surface area (Å²) in [5.74, 6) is 0.609. The monoisotopic (exact) mass is 380 g/mol. The maximum absolute atomic E-state index is 12.7. The minimum Gasteiger partial charge on any atom is -0.490 e. The van der Waals surface area contributed by atoms with Crippen LogP contribution in [0.3, 0.4) is 0 Å². The molecule has 0 atom stereocenters. The first-order chi connectivity index (χ1) is 11.9. The maximum Gasteiger partial charge on any atom is 0.240 e. The molecule has 0 unspecified atom stereocenters. The SMILES string of the molecule is Cc1cc2c(cc1S(=O)(=O)NCCc1ccc(Cl)cc1)OCCN2C. The molecule has 3 rings (SSSR count). The van der Waals surface area contributed by atoms with Crippen molar-refractivity contribution in [2.45, 2.75) is 18.2 Å². The summed E-state index contributed by atoms with van der Waals surface area (Å²) in [6, 6.07) is 10.9. The third kappa shape index (κ3) is 4.08. The van der Waals surface area contributed by atoms with Crippen LogP contribution < -0.4 is 14.4 Å². The molecule has 7 heteroatoms. The van der Waals surface area contributed by atoms with E-state index in [4.69, 9.17) is 16.3 Å². The van der Waals surface area contributed by atoms with Crippen LogP contribution >= 0.6 is 11.6 Å². The number of hydrogen-bond acceptors (Lipinski definition) is 4. The van der Waals surface area contributed by atoms with Gasteiger partial charge in [0.25, 0.3) is 0 Å². The lowest BCUT2D eigenvalue weighted by molar-refractivity contribution is 0.310. The second kappa shape index (κ2) is 7.23. The normalized spacial score (nSPS) is 14.1. The van der Waals surface area contributed by atoms with Gasteiger partial charge in [-0.3, -0.25) is 0 Å². The first-order valence-corrected chi connectivity index (χ1v) is 9.95. The first kappa shape index (κ1) is 18.0. The van der Waals surface area contributed by atoms with Gasteiger partial charge in [0.1, 0.15) is 12.4 Å². The van der Waals surface area contributed by atoms with Crippen molar-refractivity contribution >= 4 is 27.3 Å². The molecule has 0 saturated heterocycles. The van der Waals surface area contributed by atoms with Gasteiger partial charge in [0.15, 0.2) is 0 Å². The van der Waals surface area contributed by atoms with Crippen molar-refractivity contribution in [3.8, 4) is 5.75 Å². The standard InChI is InChI=1S/C18H21ClN2O3S/c1-13-11-16-17(24-10-9-21(16)2)12-18(13)25(22,23)20-8-7-14-3-5-15(19)6-4-14/h3-6,11-12,20H,7-10H2,1-2H3. The smallest absolute Gasteiger partial charge is 0.240 e. The van der Waals surface area contributed by atoms with Gasteiger partial charge in [-0.15, -0.1) is 0 Å². The van der Waals surface area contributed by atoms with Crippen molar-refractivity contribution in [1.82, 2.24) is 4.72 Å². The highest BCUT2D eigenvalue weighted by molar-refractivity contribution is 7.89. The summed E-state index contributed by atoms with van der Waals surface area (Å²) in [7, 11) is -1.62. The number of ether oxygens (including phenoxy) is 1. The minimum atomic E-state index is -3.59. The van der Waals surface area contributed by atoms with Crippen LogP contribution in [0.2, 0.25) is 5.02 Å². The number of benzene rings is 2. The van der Waals surface area contributed by atoms with Gasteiger partial charge in [0, 0.05) is 24.7 Å². The van der Waals surface area contributed by atoms with Gasteiger partial charge in [0.2, 0.25) is 10.0 Å². The lowest BCUT2D eigenvalue weighted by Gasteiger charge is -2.28. The quantitative estimate of drug-likeness (QED) is 0.866. The lowest BCUT2D eigenvalue weighted by atomic mass is 10.1. The fourth-order valence-electron chi connectivity index (χ4n) is 2.83. The molecule has 2 aromatic rings. The van der Waals surface area contributed by atoms with E-state index in [2.05, 4.69) is 9.62 Å². The second-order valence-corrected chi connectivity index (χ2v) is 8.30. The van der Waals surface area contributed by atoms with E-state index in [1.165, 1.54) is 0 Å². The van der Waals surface area contributed by atoms with Crippen LogP contribution in [0.4, 0.5) is 5.69 Å². The fraction of sp³-hybridized carbons (Fsp3) is 0.333. The Morgan fingerprint density at radius 2 is 1.96 bits per heavy atom. The van der Waals surface area contributed by atoms with Crippen molar-refractivity contribution in [1.29, 1.82) is 0 Å². The van der Waals surface area contributed by atoms with Crippen molar-refractivity contribution < 1.29 is 13.2 Å². The molecule has 0 bridgehead atoms. The van der Waals surface area contributed by atoms with E-state index in [0.29, 0.717) is 35.9 Å². The summed E-state index contributed by atoms with van der Waals surface area (Å²) in [5, 5.41) is 0.666. The van der Waals surface area contributed by atoms with Gasteiger partial charge in [0.05, 0.1) is 17.1 Å². The van der Waals surface area contributed by atoms with Crippen LogP contribution in [0, 0.1) is 6.92 Å². The average molecular weight is 381 g/mol. The number of fused-ring (bicyclic) bond motifs is 1.